The zero-order valence-electron chi connectivity index (χ0n) is 12.0. The van der Waals surface area contributed by atoms with Gasteiger partial charge in [-0.15, -0.1) is 6.42 Å². The lowest BCUT2D eigenvalue weighted by molar-refractivity contribution is 0.328. The molecule has 1 N–H and O–H groups in total. The minimum atomic E-state index is 0.212. The molecule has 0 fully saturated rings. The number of anilines is 1. The predicted octanol–water partition coefficient (Wildman–Crippen LogP) is 4.58. The summed E-state index contributed by atoms with van der Waals surface area (Å²) in [7, 11) is 1.61. The van der Waals surface area contributed by atoms with Gasteiger partial charge in [-0.2, -0.15) is 0 Å². The van der Waals surface area contributed by atoms with E-state index >= 15 is 0 Å². The van der Waals surface area contributed by atoms with Crippen LogP contribution in [0.1, 0.15) is 5.56 Å². The second-order valence-electron chi connectivity index (χ2n) is 4.44. The van der Waals surface area contributed by atoms with Crippen molar-refractivity contribution in [1.82, 2.24) is 0 Å². The van der Waals surface area contributed by atoms with Crippen molar-refractivity contribution in [2.75, 3.05) is 19.0 Å². The Hall–Kier alpha value is -1.58. The van der Waals surface area contributed by atoms with E-state index in [1.807, 2.05) is 36.4 Å². The average Bonchev–Trinajstić information content (AvgIpc) is 2.52. The molecule has 3 nitrogen and oxygen atoms in total. The van der Waals surface area contributed by atoms with Crippen molar-refractivity contribution in [1.29, 1.82) is 0 Å². The van der Waals surface area contributed by atoms with Crippen LogP contribution in [-0.4, -0.2) is 13.7 Å². The van der Waals surface area contributed by atoms with Gasteiger partial charge in [-0.3, -0.25) is 0 Å². The number of ether oxygens (including phenoxy) is 2. The number of hydrogen-bond donors (Lipinski definition) is 1. The predicted molar refractivity (Wildman–Crippen MR) is 98.8 cm³/mol. The van der Waals surface area contributed by atoms with E-state index in [4.69, 9.17) is 27.5 Å². The Balaban J connectivity index is 2.17. The number of rotatable bonds is 6. The van der Waals surface area contributed by atoms with Gasteiger partial charge < -0.3 is 14.8 Å². The highest BCUT2D eigenvalue weighted by molar-refractivity contribution is 14.1. The Labute approximate surface area is 149 Å². The van der Waals surface area contributed by atoms with Gasteiger partial charge in [-0.25, -0.2) is 0 Å². The second kappa shape index (κ2) is 8.16. The first-order valence-corrected chi connectivity index (χ1v) is 8.02. The minimum Gasteiger partial charge on any atom is -0.493 e. The molecule has 22 heavy (non-hydrogen) atoms. The lowest BCUT2D eigenvalue weighted by atomic mass is 10.2. The van der Waals surface area contributed by atoms with Crippen LogP contribution in [0.2, 0.25) is 5.02 Å². The summed E-state index contributed by atoms with van der Waals surface area (Å²) in [5.74, 6) is 3.79. The molecule has 0 aromatic heterocycles. The highest BCUT2D eigenvalue weighted by Gasteiger charge is 2.11. The highest BCUT2D eigenvalue weighted by Crippen LogP contribution is 2.34. The van der Waals surface area contributed by atoms with Crippen LogP contribution in [0.3, 0.4) is 0 Å². The summed E-state index contributed by atoms with van der Waals surface area (Å²) in [6.07, 6.45) is 5.23. The quantitative estimate of drug-likeness (QED) is 0.541. The van der Waals surface area contributed by atoms with E-state index in [0.29, 0.717) is 23.1 Å². The molecule has 0 unspecified atom stereocenters. The molecule has 114 valence electrons. The molecule has 0 aliphatic carbocycles. The van der Waals surface area contributed by atoms with Crippen LogP contribution in [0.5, 0.6) is 11.5 Å². The molecule has 0 aliphatic heterocycles. The maximum atomic E-state index is 6.14. The molecule has 2 aromatic rings. The molecule has 0 heterocycles. The van der Waals surface area contributed by atoms with Gasteiger partial charge in [-0.1, -0.05) is 29.7 Å². The normalized spacial score (nSPS) is 9.91. The second-order valence-corrected chi connectivity index (χ2v) is 6.00. The molecule has 0 radical (unpaired) electrons. The summed E-state index contributed by atoms with van der Waals surface area (Å²) < 4.78 is 11.9. The van der Waals surface area contributed by atoms with Crippen molar-refractivity contribution in [3.8, 4) is 23.8 Å². The average molecular weight is 428 g/mol. The van der Waals surface area contributed by atoms with Gasteiger partial charge in [0.2, 0.25) is 0 Å². The maximum Gasteiger partial charge on any atom is 0.175 e. The molecule has 5 heteroatoms. The van der Waals surface area contributed by atoms with Crippen molar-refractivity contribution in [2.45, 2.75) is 6.54 Å². The first kappa shape index (κ1) is 16.8. The number of nitrogens with one attached hydrogen (secondary N) is 1. The number of halogens is 2. The molecule has 2 aromatic carbocycles. The van der Waals surface area contributed by atoms with Crippen LogP contribution >= 0.6 is 34.2 Å². The minimum absolute atomic E-state index is 0.212. The van der Waals surface area contributed by atoms with Crippen molar-refractivity contribution in [3.05, 3.63) is 50.6 Å². The lowest BCUT2D eigenvalue weighted by Gasteiger charge is -2.14. The Morgan fingerprint density at radius 2 is 2.09 bits per heavy atom. The Morgan fingerprint density at radius 3 is 2.77 bits per heavy atom. The molecule has 0 amide bonds. The van der Waals surface area contributed by atoms with Crippen LogP contribution in [0.25, 0.3) is 0 Å². The van der Waals surface area contributed by atoms with E-state index < -0.39 is 0 Å². The van der Waals surface area contributed by atoms with Crippen molar-refractivity contribution < 1.29 is 9.47 Å². The third-order valence-corrected chi connectivity index (χ3v) is 4.08. The van der Waals surface area contributed by atoms with E-state index in [0.717, 1.165) is 14.8 Å². The summed E-state index contributed by atoms with van der Waals surface area (Å²) in [6.45, 7) is 0.842. The van der Waals surface area contributed by atoms with Crippen LogP contribution < -0.4 is 14.8 Å². The van der Waals surface area contributed by atoms with Gasteiger partial charge in [0, 0.05) is 6.54 Å². The summed E-state index contributed by atoms with van der Waals surface area (Å²) >= 11 is 8.34. The van der Waals surface area contributed by atoms with Gasteiger partial charge in [0.15, 0.2) is 11.5 Å². The Bertz CT molecular complexity index is 698. The summed E-state index contributed by atoms with van der Waals surface area (Å²) in [4.78, 5) is 0. The smallest absolute Gasteiger partial charge is 0.175 e. The molecule has 0 bridgehead atoms. The van der Waals surface area contributed by atoms with Crippen molar-refractivity contribution in [3.63, 3.8) is 0 Å². The first-order chi connectivity index (χ1) is 10.7. The summed E-state index contributed by atoms with van der Waals surface area (Å²) in [6, 6.07) is 11.6. The fraction of sp³-hybridized carbons (Fsp3) is 0.176. The molecule has 0 spiro atoms. The zero-order chi connectivity index (χ0) is 15.9. The molecule has 2 rings (SSSR count). The fourth-order valence-corrected chi connectivity index (χ4v) is 2.96. The van der Waals surface area contributed by atoms with Crippen LogP contribution in [0.15, 0.2) is 36.4 Å². The molecule has 0 aliphatic rings. The number of terminal acetylenes is 1. The van der Waals surface area contributed by atoms with Crippen LogP contribution in [-0.2, 0) is 6.54 Å². The summed E-state index contributed by atoms with van der Waals surface area (Å²) in [5.41, 5.74) is 1.96. The third-order valence-electron chi connectivity index (χ3n) is 2.95. The Kier molecular flexibility index (Phi) is 6.22. The SMILES string of the molecule is C#CCOc1c(I)cc(CNc2ccccc2Cl)cc1OC. The lowest BCUT2D eigenvalue weighted by Crippen LogP contribution is -2.03. The number of benzene rings is 2. The van der Waals surface area contributed by atoms with Gasteiger partial charge in [0.1, 0.15) is 6.61 Å². The fourth-order valence-electron chi connectivity index (χ4n) is 1.93. The van der Waals surface area contributed by atoms with Crippen molar-refractivity contribution >= 4 is 39.9 Å². The Morgan fingerprint density at radius 1 is 1.32 bits per heavy atom. The van der Waals surface area contributed by atoms with E-state index in [1.54, 1.807) is 7.11 Å². The number of hydrogen-bond acceptors (Lipinski definition) is 3. The van der Waals surface area contributed by atoms with E-state index in [-0.39, 0.29) is 6.61 Å². The topological polar surface area (TPSA) is 30.5 Å². The van der Waals surface area contributed by atoms with Gasteiger partial charge in [-0.05, 0) is 52.4 Å². The van der Waals surface area contributed by atoms with Gasteiger partial charge in [0.05, 0.1) is 21.4 Å². The highest BCUT2D eigenvalue weighted by atomic mass is 127. The maximum absolute atomic E-state index is 6.14. The zero-order valence-corrected chi connectivity index (χ0v) is 14.9. The van der Waals surface area contributed by atoms with Crippen LogP contribution in [0.4, 0.5) is 5.69 Å². The van der Waals surface area contributed by atoms with Gasteiger partial charge in [0.25, 0.3) is 0 Å². The van der Waals surface area contributed by atoms with Gasteiger partial charge >= 0.3 is 0 Å². The van der Waals surface area contributed by atoms with Crippen LogP contribution in [0, 0.1) is 15.9 Å². The molecule has 0 saturated heterocycles. The van der Waals surface area contributed by atoms with E-state index in [1.165, 1.54) is 0 Å². The third kappa shape index (κ3) is 4.21. The molecular formula is C17H15ClINO2. The monoisotopic (exact) mass is 427 g/mol. The summed E-state index contributed by atoms with van der Waals surface area (Å²) in [5, 5.41) is 4.00. The van der Waals surface area contributed by atoms with E-state index in [2.05, 4.69) is 33.8 Å². The number of para-hydroxylation sites is 1. The first-order valence-electron chi connectivity index (χ1n) is 6.56. The van der Waals surface area contributed by atoms with E-state index in [9.17, 15) is 0 Å². The molecular weight excluding hydrogens is 413 g/mol. The molecule has 0 saturated carbocycles. The largest absolute Gasteiger partial charge is 0.493 e. The standard InChI is InChI=1S/C17H15ClINO2/c1-3-8-22-17-14(19)9-12(10-16(17)21-2)11-20-15-7-5-4-6-13(15)18/h1,4-7,9-10,20H,8,11H2,2H3. The number of methoxy groups -OCH3 is 1. The molecule has 0 atom stereocenters. The van der Waals surface area contributed by atoms with Crippen molar-refractivity contribution in [2.24, 2.45) is 0 Å².